The lowest BCUT2D eigenvalue weighted by atomic mass is 9.34. The molecule has 4 aliphatic heterocycles. The highest BCUT2D eigenvalue weighted by molar-refractivity contribution is 6.05. The number of aliphatic hydroxyl groups is 3. The molecule has 4 unspecified atom stereocenters. The Balaban J connectivity index is 1.70. The van der Waals surface area contributed by atoms with Gasteiger partial charge in [-0.3, -0.25) is 4.79 Å². The fraction of sp³-hybridized carbons (Fsp3) is 0.850. The molecule has 4 saturated heterocycles. The third kappa shape index (κ3) is 1.21. The van der Waals surface area contributed by atoms with Crippen LogP contribution < -0.4 is 0 Å². The Bertz CT molecular complexity index is 761. The molecule has 4 aliphatic carbocycles. The van der Waals surface area contributed by atoms with Crippen molar-refractivity contribution in [1.82, 2.24) is 0 Å². The Hall–Kier alpha value is -0.790. The van der Waals surface area contributed by atoms with E-state index in [4.69, 9.17) is 9.47 Å². The summed E-state index contributed by atoms with van der Waals surface area (Å²) in [7, 11) is 0. The number of aliphatic hydroxyl groups excluding tert-OH is 2. The maximum atomic E-state index is 13.5. The molecule has 8 fully saturated rings. The zero-order valence-electron chi connectivity index (χ0n) is 15.1. The van der Waals surface area contributed by atoms with Crippen molar-refractivity contribution in [2.24, 2.45) is 34.0 Å². The van der Waals surface area contributed by atoms with Crippen LogP contribution >= 0.6 is 0 Å². The smallest absolute Gasteiger partial charge is 0.211 e. The van der Waals surface area contributed by atoms with Gasteiger partial charge in [0.2, 0.25) is 5.79 Å². The minimum absolute atomic E-state index is 0.249. The molecule has 4 heterocycles. The summed E-state index contributed by atoms with van der Waals surface area (Å²) in [5.74, 6) is -3.38. The van der Waals surface area contributed by atoms with Gasteiger partial charge in [-0.1, -0.05) is 26.8 Å². The molecule has 6 heteroatoms. The average Bonchev–Trinajstić information content (AvgIpc) is 2.70. The summed E-state index contributed by atoms with van der Waals surface area (Å²) in [6.45, 7) is 8.16. The molecular formula is C20H26O6. The number of hydrogen-bond donors (Lipinski definition) is 3. The molecule has 6 nitrogen and oxygen atoms in total. The van der Waals surface area contributed by atoms with Gasteiger partial charge < -0.3 is 24.8 Å². The predicted molar refractivity (Wildman–Crippen MR) is 88.4 cm³/mol. The van der Waals surface area contributed by atoms with Crippen molar-refractivity contribution in [3.63, 3.8) is 0 Å². The Labute approximate surface area is 152 Å². The highest BCUT2D eigenvalue weighted by Gasteiger charge is 2.92. The van der Waals surface area contributed by atoms with Gasteiger partial charge in [-0.05, 0) is 30.3 Å². The number of carbonyl (C=O) groups is 1. The summed E-state index contributed by atoms with van der Waals surface area (Å²) in [6, 6.07) is 0. The SMILES string of the molecule is C=C1C(=O)C23[C@H]4[C@@H](O)CC1[C@@H]2OC1OC3(O)[C@@H](O)[C@@H]2C(C)(C)CCC[C@]124. The molecule has 8 rings (SSSR count). The average molecular weight is 362 g/mol. The van der Waals surface area contributed by atoms with E-state index in [0.717, 1.165) is 19.3 Å². The molecule has 142 valence electrons. The monoisotopic (exact) mass is 362 g/mol. The standard InChI is InChI=1S/C20H26O6/c1-8-9-7-10(21)11-18-6-4-5-17(2,3)12(18)14(23)20(24)19(11,13(8)22)15(9)25-16(18)26-20/h9-12,14-16,21,23-24H,1,4-7H2,2-3H3/t9?,10-,11-,12+,14-,15-,16?,18+,19?,20?/m0/s1. The molecule has 26 heavy (non-hydrogen) atoms. The summed E-state index contributed by atoms with van der Waals surface area (Å²) >= 11 is 0. The number of ketones is 1. The van der Waals surface area contributed by atoms with E-state index < -0.39 is 47.1 Å². The number of Topliss-reactive ketones (excluding diaryl/α,β-unsaturated/α-hetero) is 1. The van der Waals surface area contributed by atoms with Crippen LogP contribution in [0.3, 0.4) is 0 Å². The van der Waals surface area contributed by atoms with Crippen LogP contribution in [-0.2, 0) is 14.3 Å². The molecular weight excluding hydrogens is 336 g/mol. The van der Waals surface area contributed by atoms with Crippen molar-refractivity contribution in [2.75, 3.05) is 0 Å². The normalized spacial score (nSPS) is 64.0. The van der Waals surface area contributed by atoms with Crippen LogP contribution in [0.15, 0.2) is 12.2 Å². The van der Waals surface area contributed by atoms with Gasteiger partial charge in [-0.2, -0.15) is 0 Å². The Kier molecular flexibility index (Phi) is 2.57. The Morgan fingerprint density at radius 1 is 1.19 bits per heavy atom. The highest BCUT2D eigenvalue weighted by atomic mass is 16.8. The molecule has 7 bridgehead atoms. The Morgan fingerprint density at radius 3 is 2.65 bits per heavy atom. The first kappa shape index (κ1) is 16.2. The molecule has 0 amide bonds. The second-order valence-electron chi connectivity index (χ2n) is 10.2. The molecule has 2 spiro atoms. The van der Waals surface area contributed by atoms with Gasteiger partial charge >= 0.3 is 0 Å². The number of hydrogen-bond acceptors (Lipinski definition) is 6. The molecule has 0 aromatic rings. The van der Waals surface area contributed by atoms with E-state index in [1.165, 1.54) is 0 Å². The maximum absolute atomic E-state index is 13.5. The van der Waals surface area contributed by atoms with E-state index in [1.807, 2.05) is 0 Å². The van der Waals surface area contributed by atoms with Gasteiger partial charge in [0.15, 0.2) is 12.1 Å². The number of rotatable bonds is 0. The van der Waals surface area contributed by atoms with Crippen LogP contribution in [0.4, 0.5) is 0 Å². The van der Waals surface area contributed by atoms with E-state index in [9.17, 15) is 20.1 Å². The van der Waals surface area contributed by atoms with Gasteiger partial charge in [0.1, 0.15) is 11.5 Å². The molecule has 3 N–H and O–H groups in total. The quantitative estimate of drug-likeness (QED) is 0.550. The first-order valence-electron chi connectivity index (χ1n) is 9.79. The third-order valence-corrected chi connectivity index (χ3v) is 9.04. The summed E-state index contributed by atoms with van der Waals surface area (Å²) in [4.78, 5) is 13.5. The summed E-state index contributed by atoms with van der Waals surface area (Å²) < 4.78 is 12.3. The first-order valence-corrected chi connectivity index (χ1v) is 9.79. The second kappa shape index (κ2) is 4.13. The van der Waals surface area contributed by atoms with E-state index in [1.54, 1.807) is 0 Å². The van der Waals surface area contributed by atoms with E-state index in [2.05, 4.69) is 20.4 Å². The summed E-state index contributed by atoms with van der Waals surface area (Å²) in [5.41, 5.74) is -1.95. The summed E-state index contributed by atoms with van der Waals surface area (Å²) in [6.07, 6.45) is -0.195. The van der Waals surface area contributed by atoms with Gasteiger partial charge in [0, 0.05) is 23.2 Å². The van der Waals surface area contributed by atoms with Crippen LogP contribution in [0, 0.1) is 34.0 Å². The maximum Gasteiger partial charge on any atom is 0.211 e. The fourth-order valence-electron chi connectivity index (χ4n) is 8.49. The second-order valence-corrected chi connectivity index (χ2v) is 10.2. The van der Waals surface area contributed by atoms with Crippen LogP contribution in [0.25, 0.3) is 0 Å². The first-order chi connectivity index (χ1) is 12.1. The van der Waals surface area contributed by atoms with Crippen LogP contribution in [0.1, 0.15) is 39.5 Å². The predicted octanol–water partition coefficient (Wildman–Crippen LogP) is 0.740. The van der Waals surface area contributed by atoms with Gasteiger partial charge in [0.05, 0.1) is 12.2 Å². The van der Waals surface area contributed by atoms with Crippen LogP contribution in [-0.4, -0.2) is 51.5 Å². The number of carbonyl (C=O) groups excluding carboxylic acids is 1. The van der Waals surface area contributed by atoms with E-state index in [-0.39, 0.29) is 23.0 Å². The molecule has 0 aromatic heterocycles. The summed E-state index contributed by atoms with van der Waals surface area (Å²) in [5, 5.41) is 34.3. The van der Waals surface area contributed by atoms with Crippen molar-refractivity contribution in [2.45, 2.75) is 69.9 Å². The Morgan fingerprint density at radius 2 is 1.92 bits per heavy atom. The van der Waals surface area contributed by atoms with Crippen molar-refractivity contribution < 1.29 is 29.6 Å². The van der Waals surface area contributed by atoms with Crippen LogP contribution in [0.5, 0.6) is 0 Å². The molecule has 10 atom stereocenters. The minimum Gasteiger partial charge on any atom is -0.393 e. The highest BCUT2D eigenvalue weighted by Crippen LogP contribution is 2.81. The molecule has 0 aromatic carbocycles. The lowest BCUT2D eigenvalue weighted by molar-refractivity contribution is -0.554. The van der Waals surface area contributed by atoms with Gasteiger partial charge in [-0.25, -0.2) is 0 Å². The van der Waals surface area contributed by atoms with Crippen molar-refractivity contribution in [3.8, 4) is 0 Å². The van der Waals surface area contributed by atoms with Gasteiger partial charge in [0.25, 0.3) is 0 Å². The van der Waals surface area contributed by atoms with Crippen molar-refractivity contribution in [1.29, 1.82) is 0 Å². The molecule has 8 aliphatic rings. The lowest BCUT2D eigenvalue weighted by Gasteiger charge is -2.79. The van der Waals surface area contributed by atoms with E-state index in [0.29, 0.717) is 12.0 Å². The largest absolute Gasteiger partial charge is 0.393 e. The van der Waals surface area contributed by atoms with Gasteiger partial charge in [-0.15, -0.1) is 0 Å². The lowest BCUT2D eigenvalue weighted by Crippen LogP contribution is -2.91. The zero-order valence-corrected chi connectivity index (χ0v) is 15.1. The topological polar surface area (TPSA) is 96.2 Å². The third-order valence-electron chi connectivity index (χ3n) is 9.04. The zero-order chi connectivity index (χ0) is 18.4. The number of ether oxygens (including phenoxy) is 2. The van der Waals surface area contributed by atoms with Crippen LogP contribution in [0.2, 0.25) is 0 Å². The molecule has 4 saturated carbocycles. The fourth-order valence-corrected chi connectivity index (χ4v) is 8.49. The van der Waals surface area contributed by atoms with Crippen molar-refractivity contribution in [3.05, 3.63) is 12.2 Å². The van der Waals surface area contributed by atoms with Crippen molar-refractivity contribution >= 4 is 5.78 Å². The minimum atomic E-state index is -2.03. The molecule has 0 radical (unpaired) electrons. The van der Waals surface area contributed by atoms with E-state index >= 15 is 0 Å².